The van der Waals surface area contributed by atoms with Gasteiger partial charge in [-0.25, -0.2) is 4.72 Å². The average molecular weight is 814 g/mol. The Morgan fingerprint density at radius 2 is 1.49 bits per heavy atom. The topological polar surface area (TPSA) is 177 Å². The Bertz CT molecular complexity index is 1750. The van der Waals surface area contributed by atoms with Crippen LogP contribution < -0.4 is 20.7 Å². The molecule has 7 aliphatic rings. The number of amides is 5. The molecule has 4 aliphatic carbocycles. The van der Waals surface area contributed by atoms with Crippen LogP contribution in [0.4, 0.5) is 0 Å². The van der Waals surface area contributed by atoms with E-state index >= 15 is 0 Å². The van der Waals surface area contributed by atoms with E-state index in [1.165, 1.54) is 4.31 Å². The highest BCUT2D eigenvalue weighted by Gasteiger charge is 2.85. The van der Waals surface area contributed by atoms with Crippen LogP contribution in [-0.4, -0.2) is 114 Å². The molecular weight excluding hydrogens is 747 g/mol. The van der Waals surface area contributed by atoms with Crippen molar-refractivity contribution in [2.75, 3.05) is 32.7 Å². The predicted molar refractivity (Wildman–Crippen MR) is 215 cm³/mol. The second kappa shape index (κ2) is 15.5. The fourth-order valence-corrected chi connectivity index (χ4v) is 13.6. The minimum absolute atomic E-state index is 0.0110. The molecule has 0 bridgehead atoms. The zero-order valence-corrected chi connectivity index (χ0v) is 35.7. The number of nitrogens with one attached hydrogen (secondary N) is 4. The number of likely N-dealkylation sites (tertiary alicyclic amines) is 2. The van der Waals surface area contributed by atoms with E-state index in [9.17, 15) is 32.4 Å². The van der Waals surface area contributed by atoms with Gasteiger partial charge >= 0.3 is 10.2 Å². The van der Waals surface area contributed by atoms with Gasteiger partial charge in [-0.2, -0.15) is 12.7 Å². The van der Waals surface area contributed by atoms with Gasteiger partial charge in [0.05, 0.1) is 6.04 Å². The summed E-state index contributed by atoms with van der Waals surface area (Å²) in [6.07, 6.45) is 12.1. The first kappa shape index (κ1) is 42.1. The third kappa shape index (κ3) is 7.02. The van der Waals surface area contributed by atoms with Gasteiger partial charge in [0, 0.05) is 25.0 Å². The SMILES string of the molecule is C=C(C)[C@H](NC(=O)[C@@H](NC(=O)[C@@H]1CCCN1CC)C1CCCCC1)C(=O)N1C[C@]2(C[C@H]1C(=O)N[C@]1(C(=O)NS(=O)(=O)N3CCCC3)C[C@H]1CC)C(C)(C)C21CCC1. The molecule has 14 nitrogen and oxygen atoms in total. The molecule has 2 spiro atoms. The van der Waals surface area contributed by atoms with Crippen molar-refractivity contribution in [2.45, 2.75) is 161 Å². The van der Waals surface area contributed by atoms with E-state index in [4.69, 9.17) is 0 Å². The van der Waals surface area contributed by atoms with Crippen molar-refractivity contribution in [2.24, 2.45) is 28.1 Å². The van der Waals surface area contributed by atoms with Crippen molar-refractivity contribution >= 4 is 39.7 Å². The van der Waals surface area contributed by atoms with Gasteiger partial charge in [0.2, 0.25) is 23.6 Å². The summed E-state index contributed by atoms with van der Waals surface area (Å²) < 4.78 is 29.9. The van der Waals surface area contributed by atoms with E-state index in [1.807, 2.05) is 13.8 Å². The summed E-state index contributed by atoms with van der Waals surface area (Å²) in [5.74, 6) is -2.58. The maximum atomic E-state index is 15.0. The lowest BCUT2D eigenvalue weighted by Crippen LogP contribution is -2.61. The molecule has 3 saturated heterocycles. The number of fused-ring (bicyclic) bond motifs is 1. The van der Waals surface area contributed by atoms with Crippen molar-refractivity contribution < 1.29 is 32.4 Å². The van der Waals surface area contributed by atoms with Gasteiger partial charge in [-0.3, -0.25) is 28.9 Å². The van der Waals surface area contributed by atoms with E-state index in [-0.39, 0.29) is 40.0 Å². The van der Waals surface area contributed by atoms with E-state index < -0.39 is 57.5 Å². The van der Waals surface area contributed by atoms with E-state index in [0.717, 1.165) is 90.1 Å². The van der Waals surface area contributed by atoms with Gasteiger partial charge in [0.25, 0.3) is 5.91 Å². The van der Waals surface area contributed by atoms with Crippen LogP contribution in [0.25, 0.3) is 0 Å². The van der Waals surface area contributed by atoms with Crippen LogP contribution in [0.5, 0.6) is 0 Å². The Kier molecular flexibility index (Phi) is 11.5. The lowest BCUT2D eigenvalue weighted by atomic mass is 9.73. The molecule has 3 aliphatic heterocycles. The molecule has 5 amide bonds. The number of likely N-dealkylation sites (N-methyl/N-ethyl adjacent to an activating group) is 1. The normalized spacial score (nSPS) is 33.0. The molecule has 15 heteroatoms. The average Bonchev–Trinajstić information content (AvgIpc) is 3.58. The summed E-state index contributed by atoms with van der Waals surface area (Å²) in [5.41, 5.74) is -1.47. The minimum atomic E-state index is -4.07. The quantitative estimate of drug-likeness (QED) is 0.194. The highest BCUT2D eigenvalue weighted by molar-refractivity contribution is 7.87. The standard InChI is InChI=1S/C42H67N7O7S/c1-7-29-24-42(29,38(54)46-57(55,56)48-22-12-13-23-48)45-35(51)31-25-41(39(5,6)40(41)19-15-20-40)26-49(31)37(53)32(27(3)4)43-36(52)33(28-16-10-9-11-17-28)44-34(50)30-18-14-21-47(30)8-2/h28-33H,3,7-26H2,1-2,4-6H3,(H,43,52)(H,44,50)(H,45,51)(H,46,54)/t29-,30+,31+,32+,33+,41-,42-/m1/s1. The number of rotatable bonds is 14. The van der Waals surface area contributed by atoms with Crippen LogP contribution in [0.2, 0.25) is 0 Å². The second-order valence-electron chi connectivity index (χ2n) is 19.1. The third-order valence-corrected chi connectivity index (χ3v) is 17.7. The maximum absolute atomic E-state index is 15.0. The molecule has 7 rings (SSSR count). The smallest absolute Gasteiger partial charge is 0.303 e. The fourth-order valence-electron chi connectivity index (χ4n) is 12.3. The zero-order chi connectivity index (χ0) is 41.1. The van der Waals surface area contributed by atoms with Crippen molar-refractivity contribution in [1.82, 2.24) is 34.8 Å². The summed E-state index contributed by atoms with van der Waals surface area (Å²) in [4.78, 5) is 75.4. The van der Waals surface area contributed by atoms with Gasteiger partial charge in [-0.1, -0.05) is 66.4 Å². The lowest BCUT2D eigenvalue weighted by Gasteiger charge is -2.34. The van der Waals surface area contributed by atoms with E-state index in [1.54, 1.807) is 11.8 Å². The van der Waals surface area contributed by atoms with Crippen molar-refractivity contribution in [3.63, 3.8) is 0 Å². The number of hydrogen-bond acceptors (Lipinski definition) is 8. The van der Waals surface area contributed by atoms with Gasteiger partial charge in [0.1, 0.15) is 23.7 Å². The molecule has 0 unspecified atom stereocenters. The predicted octanol–water partition coefficient (Wildman–Crippen LogP) is 3.14. The minimum Gasteiger partial charge on any atom is -0.343 e. The van der Waals surface area contributed by atoms with E-state index in [0.29, 0.717) is 44.5 Å². The number of carbonyl (C=O) groups excluding carboxylic acids is 5. The zero-order valence-electron chi connectivity index (χ0n) is 34.9. The van der Waals surface area contributed by atoms with Crippen LogP contribution in [0.3, 0.4) is 0 Å². The Labute approximate surface area is 339 Å². The molecule has 3 heterocycles. The van der Waals surface area contributed by atoms with Crippen molar-refractivity contribution in [3.8, 4) is 0 Å². The van der Waals surface area contributed by atoms with Crippen LogP contribution >= 0.6 is 0 Å². The molecule has 318 valence electrons. The van der Waals surface area contributed by atoms with Crippen LogP contribution in [0.15, 0.2) is 12.2 Å². The Balaban J connectivity index is 1.13. The second-order valence-corrected chi connectivity index (χ2v) is 20.8. The highest BCUT2D eigenvalue weighted by Crippen LogP contribution is 2.88. The molecule has 0 aromatic rings. The van der Waals surface area contributed by atoms with Crippen LogP contribution in [-0.2, 0) is 34.2 Å². The van der Waals surface area contributed by atoms with Gasteiger partial charge in [0.15, 0.2) is 0 Å². The first-order chi connectivity index (χ1) is 27.0. The van der Waals surface area contributed by atoms with Crippen molar-refractivity contribution in [3.05, 3.63) is 12.2 Å². The summed E-state index contributed by atoms with van der Waals surface area (Å²) >= 11 is 0. The monoisotopic (exact) mass is 813 g/mol. The van der Waals surface area contributed by atoms with Crippen LogP contribution in [0, 0.1) is 28.1 Å². The molecule has 0 radical (unpaired) electrons. The molecule has 4 saturated carbocycles. The Hall–Kier alpha value is -3.04. The summed E-state index contributed by atoms with van der Waals surface area (Å²) in [7, 11) is -4.07. The summed E-state index contributed by atoms with van der Waals surface area (Å²) in [6, 6.07) is -3.19. The van der Waals surface area contributed by atoms with Gasteiger partial charge in [-0.15, -0.1) is 0 Å². The first-order valence-corrected chi connectivity index (χ1v) is 23.4. The largest absolute Gasteiger partial charge is 0.343 e. The summed E-state index contributed by atoms with van der Waals surface area (Å²) in [6.45, 7) is 16.8. The van der Waals surface area contributed by atoms with Gasteiger partial charge < -0.3 is 20.9 Å². The fraction of sp³-hybridized carbons (Fsp3) is 0.833. The molecule has 7 atom stereocenters. The number of nitrogens with zero attached hydrogens (tertiary/aromatic N) is 3. The summed E-state index contributed by atoms with van der Waals surface area (Å²) in [5, 5.41) is 9.14. The van der Waals surface area contributed by atoms with E-state index in [2.05, 4.69) is 46.0 Å². The molecule has 0 aromatic heterocycles. The molecule has 4 N–H and O–H groups in total. The molecule has 0 aromatic carbocycles. The van der Waals surface area contributed by atoms with Gasteiger partial charge in [-0.05, 0) is 112 Å². The first-order valence-electron chi connectivity index (χ1n) is 21.9. The molecule has 57 heavy (non-hydrogen) atoms. The Morgan fingerprint density at radius 3 is 2.05 bits per heavy atom. The Morgan fingerprint density at radius 1 is 0.807 bits per heavy atom. The maximum Gasteiger partial charge on any atom is 0.303 e. The lowest BCUT2D eigenvalue weighted by molar-refractivity contribution is -0.142. The third-order valence-electron chi connectivity index (χ3n) is 16.2. The number of hydrogen-bond donors (Lipinski definition) is 4. The van der Waals surface area contributed by atoms with Crippen molar-refractivity contribution in [1.29, 1.82) is 0 Å². The van der Waals surface area contributed by atoms with Crippen LogP contribution in [0.1, 0.15) is 131 Å². The molecular formula is C42H67N7O7S. The molecule has 7 fully saturated rings. The highest BCUT2D eigenvalue weighted by atomic mass is 32.2. The number of carbonyl (C=O) groups is 5.